The molecule has 0 saturated heterocycles. The average Bonchev–Trinajstić information content (AvgIpc) is 2.35. The predicted octanol–water partition coefficient (Wildman–Crippen LogP) is 5.22. The van der Waals surface area contributed by atoms with Gasteiger partial charge in [-0.3, -0.25) is 0 Å². The highest BCUT2D eigenvalue weighted by atomic mass is 35.5. The lowest BCUT2D eigenvalue weighted by Gasteiger charge is -2.24. The van der Waals surface area contributed by atoms with Crippen LogP contribution in [-0.2, 0) is 6.42 Å². The Bertz CT molecular complexity index is 392. The Morgan fingerprint density at radius 2 is 2.00 bits per heavy atom. The number of hydrogen-bond donors (Lipinski definition) is 1. The van der Waals surface area contributed by atoms with Crippen molar-refractivity contribution < 1.29 is 4.39 Å². The van der Waals surface area contributed by atoms with Crippen LogP contribution in [0.1, 0.15) is 52.5 Å². The summed E-state index contributed by atoms with van der Waals surface area (Å²) >= 11 is 6.13. The maximum atomic E-state index is 13.9. The normalized spacial score (nSPS) is 13.5. The predicted molar refractivity (Wildman–Crippen MR) is 85.9 cm³/mol. The fraction of sp³-hybridized carbons (Fsp3) is 0.647. The van der Waals surface area contributed by atoms with Gasteiger partial charge in [0.15, 0.2) is 0 Å². The number of rotatable bonds is 7. The number of benzene rings is 1. The van der Waals surface area contributed by atoms with Crippen LogP contribution in [0.4, 0.5) is 4.39 Å². The molecule has 0 aliphatic heterocycles. The van der Waals surface area contributed by atoms with E-state index in [1.165, 1.54) is 6.07 Å². The van der Waals surface area contributed by atoms with E-state index in [0.29, 0.717) is 22.4 Å². The molecular formula is C17H27ClFN. The summed E-state index contributed by atoms with van der Waals surface area (Å²) in [6.45, 7) is 9.81. The van der Waals surface area contributed by atoms with Crippen LogP contribution < -0.4 is 5.32 Å². The first kappa shape index (κ1) is 17.5. The van der Waals surface area contributed by atoms with Crippen LogP contribution in [0.3, 0.4) is 0 Å². The summed E-state index contributed by atoms with van der Waals surface area (Å²) in [5.74, 6) is -0.198. The van der Waals surface area contributed by atoms with Crippen LogP contribution in [-0.4, -0.2) is 12.6 Å². The second-order valence-corrected chi connectivity index (χ2v) is 7.06. The van der Waals surface area contributed by atoms with E-state index >= 15 is 0 Å². The Morgan fingerprint density at radius 1 is 1.30 bits per heavy atom. The monoisotopic (exact) mass is 299 g/mol. The Hall–Kier alpha value is -0.600. The van der Waals surface area contributed by atoms with Crippen LogP contribution >= 0.6 is 11.6 Å². The lowest BCUT2D eigenvalue weighted by Crippen LogP contribution is -2.33. The third-order valence-electron chi connectivity index (χ3n) is 3.44. The third-order valence-corrected chi connectivity index (χ3v) is 3.79. The smallest absolute Gasteiger partial charge is 0.127 e. The zero-order valence-electron chi connectivity index (χ0n) is 13.1. The molecular weight excluding hydrogens is 273 g/mol. The van der Waals surface area contributed by atoms with Crippen LogP contribution in [0.25, 0.3) is 0 Å². The second kappa shape index (κ2) is 7.99. The molecule has 0 aromatic heterocycles. The lowest BCUT2D eigenvalue weighted by molar-refractivity contribution is 0.327. The maximum Gasteiger partial charge on any atom is 0.127 e. The number of nitrogens with one attached hydrogen (secondary N) is 1. The SMILES string of the molecule is CCCNC(CCC(C)(C)C)Cc1c(F)cccc1Cl. The standard InChI is InChI=1S/C17H27ClFN/c1-5-11-20-13(9-10-17(2,3)4)12-14-15(18)7-6-8-16(14)19/h6-8,13,20H,5,9-12H2,1-4H3. The van der Waals surface area contributed by atoms with Crippen LogP contribution in [0, 0.1) is 11.2 Å². The highest BCUT2D eigenvalue weighted by molar-refractivity contribution is 6.31. The summed E-state index contributed by atoms with van der Waals surface area (Å²) in [5.41, 5.74) is 0.933. The van der Waals surface area contributed by atoms with Crippen molar-refractivity contribution in [3.63, 3.8) is 0 Å². The van der Waals surface area contributed by atoms with Crippen molar-refractivity contribution in [2.45, 2.75) is 59.4 Å². The van der Waals surface area contributed by atoms with Gasteiger partial charge in [0.25, 0.3) is 0 Å². The van der Waals surface area contributed by atoms with Gasteiger partial charge >= 0.3 is 0 Å². The molecule has 0 heterocycles. The zero-order valence-corrected chi connectivity index (χ0v) is 13.9. The number of halogens is 2. The molecule has 0 saturated carbocycles. The van der Waals surface area contributed by atoms with Crippen LogP contribution in [0.15, 0.2) is 18.2 Å². The highest BCUT2D eigenvalue weighted by Gasteiger charge is 2.18. The maximum absolute atomic E-state index is 13.9. The summed E-state index contributed by atoms with van der Waals surface area (Å²) in [7, 11) is 0. The fourth-order valence-electron chi connectivity index (χ4n) is 2.21. The molecule has 0 aliphatic carbocycles. The molecule has 0 fully saturated rings. The van der Waals surface area contributed by atoms with E-state index in [2.05, 4.69) is 33.0 Å². The Balaban J connectivity index is 2.73. The molecule has 3 heteroatoms. The van der Waals surface area contributed by atoms with Crippen molar-refractivity contribution in [1.82, 2.24) is 5.32 Å². The Kier molecular flexibility index (Phi) is 6.97. The minimum atomic E-state index is -0.198. The summed E-state index contributed by atoms with van der Waals surface area (Å²) in [6.07, 6.45) is 3.88. The molecule has 20 heavy (non-hydrogen) atoms. The topological polar surface area (TPSA) is 12.0 Å². The van der Waals surface area contributed by atoms with Gasteiger partial charge in [-0.1, -0.05) is 45.4 Å². The van der Waals surface area contributed by atoms with E-state index in [0.717, 1.165) is 25.8 Å². The van der Waals surface area contributed by atoms with Gasteiger partial charge in [-0.2, -0.15) is 0 Å². The molecule has 1 aromatic carbocycles. The molecule has 0 amide bonds. The van der Waals surface area contributed by atoms with Gasteiger partial charge in [-0.25, -0.2) is 4.39 Å². The van der Waals surface area contributed by atoms with Crippen molar-refractivity contribution >= 4 is 11.6 Å². The van der Waals surface area contributed by atoms with Crippen molar-refractivity contribution in [2.75, 3.05) is 6.54 Å². The third kappa shape index (κ3) is 6.23. The fourth-order valence-corrected chi connectivity index (χ4v) is 2.45. The van der Waals surface area contributed by atoms with E-state index in [1.54, 1.807) is 12.1 Å². The minimum Gasteiger partial charge on any atom is -0.314 e. The number of hydrogen-bond acceptors (Lipinski definition) is 1. The lowest BCUT2D eigenvalue weighted by atomic mass is 9.87. The van der Waals surface area contributed by atoms with Gasteiger partial charge in [0.1, 0.15) is 5.82 Å². The Morgan fingerprint density at radius 3 is 2.55 bits per heavy atom. The molecule has 0 aliphatic rings. The van der Waals surface area contributed by atoms with Gasteiger partial charge in [0.05, 0.1) is 0 Å². The molecule has 1 atom stereocenters. The van der Waals surface area contributed by atoms with Crippen molar-refractivity contribution in [3.05, 3.63) is 34.6 Å². The summed E-state index contributed by atoms with van der Waals surface area (Å²) < 4.78 is 13.9. The average molecular weight is 300 g/mol. The first-order valence-corrected chi connectivity index (χ1v) is 7.87. The first-order chi connectivity index (χ1) is 9.33. The van der Waals surface area contributed by atoms with E-state index in [4.69, 9.17) is 11.6 Å². The highest BCUT2D eigenvalue weighted by Crippen LogP contribution is 2.25. The van der Waals surface area contributed by atoms with Crippen molar-refractivity contribution in [1.29, 1.82) is 0 Å². The summed E-state index contributed by atoms with van der Waals surface area (Å²) in [4.78, 5) is 0. The van der Waals surface area contributed by atoms with Gasteiger partial charge in [0, 0.05) is 16.6 Å². The summed E-state index contributed by atoms with van der Waals surface area (Å²) in [6, 6.07) is 5.19. The first-order valence-electron chi connectivity index (χ1n) is 7.49. The van der Waals surface area contributed by atoms with Gasteiger partial charge in [-0.15, -0.1) is 0 Å². The van der Waals surface area contributed by atoms with E-state index < -0.39 is 0 Å². The molecule has 0 radical (unpaired) electrons. The van der Waals surface area contributed by atoms with Crippen LogP contribution in [0.2, 0.25) is 5.02 Å². The molecule has 0 bridgehead atoms. The van der Waals surface area contributed by atoms with E-state index in [9.17, 15) is 4.39 Å². The van der Waals surface area contributed by atoms with Gasteiger partial charge < -0.3 is 5.32 Å². The molecule has 1 nitrogen and oxygen atoms in total. The molecule has 1 rings (SSSR count). The quantitative estimate of drug-likeness (QED) is 0.728. The largest absolute Gasteiger partial charge is 0.314 e. The minimum absolute atomic E-state index is 0.198. The molecule has 1 aromatic rings. The summed E-state index contributed by atoms with van der Waals surface area (Å²) in [5, 5.41) is 4.05. The van der Waals surface area contributed by atoms with Gasteiger partial charge in [-0.05, 0) is 49.8 Å². The molecule has 1 unspecified atom stereocenters. The zero-order chi connectivity index (χ0) is 15.2. The Labute approximate surface area is 127 Å². The molecule has 0 spiro atoms. The molecule has 114 valence electrons. The van der Waals surface area contributed by atoms with E-state index in [1.807, 2.05) is 0 Å². The van der Waals surface area contributed by atoms with Gasteiger partial charge in [0.2, 0.25) is 0 Å². The van der Waals surface area contributed by atoms with Crippen LogP contribution in [0.5, 0.6) is 0 Å². The second-order valence-electron chi connectivity index (χ2n) is 6.65. The molecule has 1 N–H and O–H groups in total. The van der Waals surface area contributed by atoms with Crippen molar-refractivity contribution in [2.24, 2.45) is 5.41 Å². The van der Waals surface area contributed by atoms with E-state index in [-0.39, 0.29) is 11.9 Å². The van der Waals surface area contributed by atoms with Crippen molar-refractivity contribution in [3.8, 4) is 0 Å².